The molecule has 6 nitrogen and oxygen atoms in total. The first-order chi connectivity index (χ1) is 10.4. The number of nitrogens with one attached hydrogen (secondary N) is 2. The van der Waals surface area contributed by atoms with Crippen molar-refractivity contribution in [3.8, 4) is 5.75 Å². The standard InChI is InChI=1S/C15H19FN4O2/c1-15(2,3)13(18-14(21)11-8-17-20-19-11)9-22-12-7-5-4-6-10(12)16/h4-8,13H,9H2,1-3H3,(H,18,21)(H,17,19,20)/t13-/m0/s1. The Hall–Kier alpha value is -2.44. The maximum absolute atomic E-state index is 13.6. The number of aromatic amines is 1. The minimum absolute atomic E-state index is 0.147. The van der Waals surface area contributed by atoms with Gasteiger partial charge >= 0.3 is 0 Å². The fraction of sp³-hybridized carbons (Fsp3) is 0.400. The number of hydrogen-bond acceptors (Lipinski definition) is 4. The lowest BCUT2D eigenvalue weighted by Gasteiger charge is -2.31. The molecule has 0 aliphatic rings. The number of H-pyrrole nitrogens is 1. The largest absolute Gasteiger partial charge is 0.488 e. The molecule has 0 aliphatic heterocycles. The van der Waals surface area contributed by atoms with Gasteiger partial charge in [-0.2, -0.15) is 15.4 Å². The molecule has 2 rings (SSSR count). The number of nitrogens with zero attached hydrogens (tertiary/aromatic N) is 2. The van der Waals surface area contributed by atoms with Crippen molar-refractivity contribution < 1.29 is 13.9 Å². The van der Waals surface area contributed by atoms with E-state index in [9.17, 15) is 9.18 Å². The molecule has 0 spiro atoms. The highest BCUT2D eigenvalue weighted by Gasteiger charge is 2.28. The van der Waals surface area contributed by atoms with Gasteiger partial charge in [-0.1, -0.05) is 32.9 Å². The Balaban J connectivity index is 2.04. The van der Waals surface area contributed by atoms with Gasteiger partial charge in [0.1, 0.15) is 6.61 Å². The minimum Gasteiger partial charge on any atom is -0.488 e. The highest BCUT2D eigenvalue weighted by molar-refractivity contribution is 5.92. The second-order valence-electron chi connectivity index (χ2n) is 5.99. The fourth-order valence-electron chi connectivity index (χ4n) is 1.79. The summed E-state index contributed by atoms with van der Waals surface area (Å²) in [6, 6.07) is 5.84. The predicted octanol–water partition coefficient (Wildman–Crippen LogP) is 2.17. The Morgan fingerprint density at radius 1 is 1.41 bits per heavy atom. The summed E-state index contributed by atoms with van der Waals surface area (Å²) >= 11 is 0. The van der Waals surface area contributed by atoms with E-state index in [0.29, 0.717) is 0 Å². The highest BCUT2D eigenvalue weighted by atomic mass is 19.1. The quantitative estimate of drug-likeness (QED) is 0.887. The van der Waals surface area contributed by atoms with E-state index < -0.39 is 5.82 Å². The van der Waals surface area contributed by atoms with Gasteiger partial charge in [-0.05, 0) is 17.5 Å². The van der Waals surface area contributed by atoms with E-state index in [-0.39, 0.29) is 35.4 Å². The normalized spacial score (nSPS) is 12.7. The summed E-state index contributed by atoms with van der Waals surface area (Å²) in [6.07, 6.45) is 1.34. The van der Waals surface area contributed by atoms with E-state index in [1.807, 2.05) is 20.8 Å². The van der Waals surface area contributed by atoms with E-state index in [1.54, 1.807) is 18.2 Å². The summed E-state index contributed by atoms with van der Waals surface area (Å²) in [5.74, 6) is -0.628. The zero-order chi connectivity index (χ0) is 16.2. The topological polar surface area (TPSA) is 79.9 Å². The molecule has 0 saturated heterocycles. The highest BCUT2D eigenvalue weighted by Crippen LogP contribution is 2.22. The number of hydrogen-bond donors (Lipinski definition) is 2. The van der Waals surface area contributed by atoms with Crippen molar-refractivity contribution in [2.45, 2.75) is 26.8 Å². The third-order valence-electron chi connectivity index (χ3n) is 3.24. The van der Waals surface area contributed by atoms with Gasteiger partial charge in [-0.15, -0.1) is 0 Å². The summed E-state index contributed by atoms with van der Waals surface area (Å²) in [4.78, 5) is 12.1. The van der Waals surface area contributed by atoms with Gasteiger partial charge in [-0.25, -0.2) is 4.39 Å². The van der Waals surface area contributed by atoms with Crippen LogP contribution < -0.4 is 10.1 Å². The number of carbonyl (C=O) groups excluding carboxylic acids is 1. The first kappa shape index (κ1) is 15.9. The molecule has 1 aromatic carbocycles. The number of rotatable bonds is 5. The predicted molar refractivity (Wildman–Crippen MR) is 79.0 cm³/mol. The summed E-state index contributed by atoms with van der Waals surface area (Å²) in [5, 5.41) is 12.6. The average Bonchev–Trinajstić information content (AvgIpc) is 2.97. The van der Waals surface area contributed by atoms with Gasteiger partial charge in [0.15, 0.2) is 17.3 Å². The molecule has 0 radical (unpaired) electrons. The van der Waals surface area contributed by atoms with Crippen LogP contribution >= 0.6 is 0 Å². The molecule has 1 aromatic heterocycles. The average molecular weight is 306 g/mol. The first-order valence-electron chi connectivity index (χ1n) is 6.92. The molecule has 1 amide bonds. The number of para-hydroxylation sites is 1. The maximum atomic E-state index is 13.6. The molecule has 0 unspecified atom stereocenters. The van der Waals surface area contributed by atoms with Gasteiger partial charge in [0.2, 0.25) is 0 Å². The molecular weight excluding hydrogens is 287 g/mol. The van der Waals surface area contributed by atoms with Crippen LogP contribution in [-0.4, -0.2) is 34.0 Å². The van der Waals surface area contributed by atoms with Crippen LogP contribution in [0.3, 0.4) is 0 Å². The number of halogens is 1. The molecular formula is C15H19FN4O2. The van der Waals surface area contributed by atoms with Crippen molar-refractivity contribution in [2.75, 3.05) is 6.61 Å². The van der Waals surface area contributed by atoms with Gasteiger partial charge < -0.3 is 10.1 Å². The minimum atomic E-state index is -0.432. The fourth-order valence-corrected chi connectivity index (χ4v) is 1.79. The molecule has 1 heterocycles. The Kier molecular flexibility index (Phi) is 4.75. The Labute approximate surface area is 128 Å². The van der Waals surface area contributed by atoms with Gasteiger partial charge in [-0.3, -0.25) is 4.79 Å². The molecule has 0 fully saturated rings. The van der Waals surface area contributed by atoms with Crippen molar-refractivity contribution in [1.29, 1.82) is 0 Å². The summed E-state index contributed by atoms with van der Waals surface area (Å²) in [6.45, 7) is 6.04. The molecule has 7 heteroatoms. The molecule has 118 valence electrons. The lowest BCUT2D eigenvalue weighted by Crippen LogP contribution is -2.47. The lowest BCUT2D eigenvalue weighted by molar-refractivity contribution is 0.0855. The van der Waals surface area contributed by atoms with Crippen molar-refractivity contribution in [3.63, 3.8) is 0 Å². The Morgan fingerprint density at radius 3 is 2.73 bits per heavy atom. The van der Waals surface area contributed by atoms with E-state index in [0.717, 1.165) is 0 Å². The van der Waals surface area contributed by atoms with E-state index in [1.165, 1.54) is 12.3 Å². The molecule has 1 atom stereocenters. The van der Waals surface area contributed by atoms with E-state index >= 15 is 0 Å². The van der Waals surface area contributed by atoms with Crippen LogP contribution in [0.5, 0.6) is 5.75 Å². The summed E-state index contributed by atoms with van der Waals surface area (Å²) in [5.41, 5.74) is -0.0786. The number of carbonyl (C=O) groups is 1. The second-order valence-corrected chi connectivity index (χ2v) is 5.99. The summed E-state index contributed by atoms with van der Waals surface area (Å²) in [7, 11) is 0. The molecule has 0 saturated carbocycles. The maximum Gasteiger partial charge on any atom is 0.273 e. The van der Waals surface area contributed by atoms with Crippen LogP contribution in [0.1, 0.15) is 31.3 Å². The molecule has 2 N–H and O–H groups in total. The van der Waals surface area contributed by atoms with Crippen LogP contribution in [0, 0.1) is 11.2 Å². The van der Waals surface area contributed by atoms with Gasteiger partial charge in [0.25, 0.3) is 5.91 Å². The summed E-state index contributed by atoms with van der Waals surface area (Å²) < 4.78 is 19.1. The van der Waals surface area contributed by atoms with E-state index in [2.05, 4.69) is 20.7 Å². The Morgan fingerprint density at radius 2 is 2.14 bits per heavy atom. The third kappa shape index (κ3) is 4.03. The van der Waals surface area contributed by atoms with Gasteiger partial charge in [0, 0.05) is 0 Å². The van der Waals surface area contributed by atoms with Crippen molar-refractivity contribution >= 4 is 5.91 Å². The smallest absolute Gasteiger partial charge is 0.273 e. The van der Waals surface area contributed by atoms with Crippen LogP contribution in [0.15, 0.2) is 30.5 Å². The molecule has 22 heavy (non-hydrogen) atoms. The number of amides is 1. The van der Waals surface area contributed by atoms with Crippen LogP contribution in [0.4, 0.5) is 4.39 Å². The lowest BCUT2D eigenvalue weighted by atomic mass is 9.87. The van der Waals surface area contributed by atoms with E-state index in [4.69, 9.17) is 4.74 Å². The molecule has 2 aromatic rings. The zero-order valence-corrected chi connectivity index (χ0v) is 12.8. The number of ether oxygens (including phenoxy) is 1. The second kappa shape index (κ2) is 6.55. The molecule has 0 aliphatic carbocycles. The van der Waals surface area contributed by atoms with Crippen molar-refractivity contribution in [1.82, 2.24) is 20.7 Å². The van der Waals surface area contributed by atoms with Crippen LogP contribution in [0.25, 0.3) is 0 Å². The SMILES string of the molecule is CC(C)(C)[C@H](COc1ccccc1F)NC(=O)c1cn[nH]n1. The number of aromatic nitrogens is 3. The van der Waals surface area contributed by atoms with Crippen LogP contribution in [-0.2, 0) is 0 Å². The van der Waals surface area contributed by atoms with Crippen molar-refractivity contribution in [2.24, 2.45) is 5.41 Å². The Bertz CT molecular complexity index is 623. The monoisotopic (exact) mass is 306 g/mol. The van der Waals surface area contributed by atoms with Gasteiger partial charge in [0.05, 0.1) is 12.2 Å². The number of benzene rings is 1. The van der Waals surface area contributed by atoms with Crippen LogP contribution in [0.2, 0.25) is 0 Å². The first-order valence-corrected chi connectivity index (χ1v) is 6.92. The zero-order valence-electron chi connectivity index (χ0n) is 12.8. The van der Waals surface area contributed by atoms with Crippen molar-refractivity contribution in [3.05, 3.63) is 42.0 Å². The third-order valence-corrected chi connectivity index (χ3v) is 3.24. The molecule has 0 bridgehead atoms.